The van der Waals surface area contributed by atoms with Gasteiger partial charge in [-0.05, 0) is 19.4 Å². The van der Waals surface area contributed by atoms with Gasteiger partial charge in [0.15, 0.2) is 0 Å². The van der Waals surface area contributed by atoms with Crippen molar-refractivity contribution in [2.45, 2.75) is 19.9 Å². The van der Waals surface area contributed by atoms with Gasteiger partial charge in [-0.3, -0.25) is 4.90 Å². The Labute approximate surface area is 132 Å². The molecule has 1 heterocycles. The fourth-order valence-electron chi connectivity index (χ4n) is 2.45. The van der Waals surface area contributed by atoms with E-state index in [0.29, 0.717) is 12.6 Å². The molecular formula is C15H24N2O2S2. The zero-order chi connectivity index (χ0) is 15.3. The van der Waals surface area contributed by atoms with E-state index in [2.05, 4.69) is 40.8 Å². The number of hydrogen-bond acceptors (Lipinski definition) is 4. The van der Waals surface area contributed by atoms with E-state index in [1.165, 1.54) is 11.1 Å². The number of aryl methyl sites for hydroxylation is 1. The SMILES string of the molecule is CCS(=O)(=O)NCCN1CCSCC1c1ccc(C)cc1. The van der Waals surface area contributed by atoms with E-state index in [-0.39, 0.29) is 5.75 Å². The van der Waals surface area contributed by atoms with E-state index in [1.54, 1.807) is 6.92 Å². The maximum absolute atomic E-state index is 11.5. The smallest absolute Gasteiger partial charge is 0.211 e. The lowest BCUT2D eigenvalue weighted by molar-refractivity contribution is 0.225. The van der Waals surface area contributed by atoms with Crippen molar-refractivity contribution in [3.63, 3.8) is 0 Å². The van der Waals surface area contributed by atoms with E-state index in [0.717, 1.165) is 24.6 Å². The Morgan fingerprint density at radius 1 is 1.33 bits per heavy atom. The van der Waals surface area contributed by atoms with Crippen molar-refractivity contribution >= 4 is 21.8 Å². The second-order valence-corrected chi connectivity index (χ2v) is 8.58. The fraction of sp³-hybridized carbons (Fsp3) is 0.600. The molecule has 2 rings (SSSR count). The number of thioether (sulfide) groups is 1. The van der Waals surface area contributed by atoms with Crippen LogP contribution in [0.25, 0.3) is 0 Å². The number of hydrogen-bond donors (Lipinski definition) is 1. The molecule has 1 aromatic carbocycles. The Morgan fingerprint density at radius 3 is 2.71 bits per heavy atom. The molecule has 1 aliphatic heterocycles. The number of benzene rings is 1. The molecule has 0 spiro atoms. The van der Waals surface area contributed by atoms with Gasteiger partial charge in [0.2, 0.25) is 10.0 Å². The van der Waals surface area contributed by atoms with Gasteiger partial charge in [-0.25, -0.2) is 13.1 Å². The van der Waals surface area contributed by atoms with Gasteiger partial charge in [0.25, 0.3) is 0 Å². The Bertz CT molecular complexity index is 543. The first-order valence-corrected chi connectivity index (χ1v) is 10.2. The van der Waals surface area contributed by atoms with Crippen LogP contribution in [-0.2, 0) is 10.0 Å². The second kappa shape index (κ2) is 7.63. The van der Waals surface area contributed by atoms with Gasteiger partial charge in [-0.1, -0.05) is 29.8 Å². The summed E-state index contributed by atoms with van der Waals surface area (Å²) in [4.78, 5) is 2.39. The molecule has 1 unspecified atom stereocenters. The van der Waals surface area contributed by atoms with Gasteiger partial charge in [-0.2, -0.15) is 11.8 Å². The Kier molecular flexibility index (Phi) is 6.10. The third kappa shape index (κ3) is 4.98. The van der Waals surface area contributed by atoms with Gasteiger partial charge in [-0.15, -0.1) is 0 Å². The van der Waals surface area contributed by atoms with Crippen molar-refractivity contribution < 1.29 is 8.42 Å². The van der Waals surface area contributed by atoms with Gasteiger partial charge in [0.05, 0.1) is 5.75 Å². The summed E-state index contributed by atoms with van der Waals surface area (Å²) in [5, 5.41) is 0. The Balaban J connectivity index is 1.97. The summed E-state index contributed by atoms with van der Waals surface area (Å²) in [6.45, 7) is 6.02. The minimum Gasteiger partial charge on any atom is -0.293 e. The molecule has 0 radical (unpaired) electrons. The van der Waals surface area contributed by atoms with Crippen LogP contribution in [0, 0.1) is 6.92 Å². The van der Waals surface area contributed by atoms with Gasteiger partial charge in [0.1, 0.15) is 0 Å². The second-order valence-electron chi connectivity index (χ2n) is 5.34. The van der Waals surface area contributed by atoms with Crippen molar-refractivity contribution in [3.05, 3.63) is 35.4 Å². The molecule has 118 valence electrons. The first-order chi connectivity index (χ1) is 10.0. The molecule has 4 nitrogen and oxygen atoms in total. The molecule has 0 aromatic heterocycles. The van der Waals surface area contributed by atoms with Crippen molar-refractivity contribution in [2.24, 2.45) is 0 Å². The number of nitrogens with zero attached hydrogens (tertiary/aromatic N) is 1. The zero-order valence-electron chi connectivity index (χ0n) is 12.7. The lowest BCUT2D eigenvalue weighted by Crippen LogP contribution is -2.41. The standard InChI is InChI=1S/C15H24N2O2S2/c1-3-21(18,19)16-8-9-17-10-11-20-12-15(17)14-6-4-13(2)5-7-14/h4-7,15-16H,3,8-12H2,1-2H3. The van der Waals surface area contributed by atoms with Crippen LogP contribution in [0.1, 0.15) is 24.1 Å². The number of rotatable bonds is 6. The number of sulfonamides is 1. The van der Waals surface area contributed by atoms with E-state index in [4.69, 9.17) is 0 Å². The summed E-state index contributed by atoms with van der Waals surface area (Å²) in [6, 6.07) is 9.05. The maximum Gasteiger partial charge on any atom is 0.211 e. The minimum atomic E-state index is -3.09. The highest BCUT2D eigenvalue weighted by molar-refractivity contribution is 7.99. The van der Waals surface area contributed by atoms with Crippen LogP contribution in [0.2, 0.25) is 0 Å². The molecule has 1 aromatic rings. The highest BCUT2D eigenvalue weighted by atomic mass is 32.2. The largest absolute Gasteiger partial charge is 0.293 e. The summed E-state index contributed by atoms with van der Waals surface area (Å²) < 4.78 is 25.7. The molecule has 1 aliphatic rings. The van der Waals surface area contributed by atoms with Crippen LogP contribution in [0.15, 0.2) is 24.3 Å². The third-order valence-electron chi connectivity index (χ3n) is 3.80. The van der Waals surface area contributed by atoms with E-state index >= 15 is 0 Å². The summed E-state index contributed by atoms with van der Waals surface area (Å²) in [7, 11) is -3.09. The molecule has 0 aliphatic carbocycles. The molecular weight excluding hydrogens is 304 g/mol. The molecule has 1 fully saturated rings. The predicted molar refractivity (Wildman–Crippen MR) is 90.3 cm³/mol. The van der Waals surface area contributed by atoms with Crippen molar-refractivity contribution in [1.29, 1.82) is 0 Å². The van der Waals surface area contributed by atoms with Gasteiger partial charge in [0, 0.05) is 37.2 Å². The lowest BCUT2D eigenvalue weighted by Gasteiger charge is -2.35. The van der Waals surface area contributed by atoms with Crippen LogP contribution < -0.4 is 4.72 Å². The molecule has 1 atom stereocenters. The zero-order valence-corrected chi connectivity index (χ0v) is 14.3. The van der Waals surface area contributed by atoms with Crippen LogP contribution >= 0.6 is 11.8 Å². The van der Waals surface area contributed by atoms with Gasteiger partial charge >= 0.3 is 0 Å². The van der Waals surface area contributed by atoms with Gasteiger partial charge < -0.3 is 0 Å². The molecule has 0 amide bonds. The van der Waals surface area contributed by atoms with E-state index < -0.39 is 10.0 Å². The average Bonchev–Trinajstić information content (AvgIpc) is 2.49. The monoisotopic (exact) mass is 328 g/mol. The van der Waals surface area contributed by atoms with Crippen LogP contribution in [0.5, 0.6) is 0 Å². The highest BCUT2D eigenvalue weighted by Crippen LogP contribution is 2.29. The van der Waals surface area contributed by atoms with Crippen LogP contribution in [0.3, 0.4) is 0 Å². The van der Waals surface area contributed by atoms with E-state index in [9.17, 15) is 8.42 Å². The van der Waals surface area contributed by atoms with Crippen LogP contribution in [-0.4, -0.2) is 50.2 Å². The number of nitrogens with one attached hydrogen (secondary N) is 1. The highest BCUT2D eigenvalue weighted by Gasteiger charge is 2.24. The molecule has 1 saturated heterocycles. The minimum absolute atomic E-state index is 0.143. The first-order valence-electron chi connectivity index (χ1n) is 7.37. The summed E-state index contributed by atoms with van der Waals surface area (Å²) in [5.41, 5.74) is 2.59. The molecule has 0 saturated carbocycles. The van der Waals surface area contributed by atoms with Crippen molar-refractivity contribution in [2.75, 3.05) is 36.9 Å². The average molecular weight is 329 g/mol. The lowest BCUT2D eigenvalue weighted by atomic mass is 10.0. The van der Waals surface area contributed by atoms with Crippen LogP contribution in [0.4, 0.5) is 0 Å². The maximum atomic E-state index is 11.5. The summed E-state index contributed by atoms with van der Waals surface area (Å²) in [5.74, 6) is 2.33. The molecule has 0 bridgehead atoms. The Morgan fingerprint density at radius 2 is 2.05 bits per heavy atom. The fourth-order valence-corrected chi connectivity index (χ4v) is 4.21. The van der Waals surface area contributed by atoms with Crippen molar-refractivity contribution in [1.82, 2.24) is 9.62 Å². The summed E-state index contributed by atoms with van der Waals surface area (Å²) >= 11 is 1.97. The predicted octanol–water partition coefficient (Wildman–Crippen LogP) is 2.02. The molecule has 21 heavy (non-hydrogen) atoms. The molecule has 6 heteroatoms. The normalized spacial score (nSPS) is 20.6. The Hall–Kier alpha value is -0.560. The topological polar surface area (TPSA) is 49.4 Å². The first kappa shape index (κ1) is 16.8. The summed E-state index contributed by atoms with van der Waals surface area (Å²) in [6.07, 6.45) is 0. The van der Waals surface area contributed by atoms with Crippen molar-refractivity contribution in [3.8, 4) is 0 Å². The quantitative estimate of drug-likeness (QED) is 0.868. The third-order valence-corrected chi connectivity index (χ3v) is 6.23. The van der Waals surface area contributed by atoms with E-state index in [1.807, 2.05) is 11.8 Å². The molecule has 1 N–H and O–H groups in total.